The van der Waals surface area contributed by atoms with Crippen molar-refractivity contribution in [2.45, 2.75) is 51.2 Å². The molecule has 1 aromatic rings. The van der Waals surface area contributed by atoms with Gasteiger partial charge in [-0.15, -0.1) is 0 Å². The van der Waals surface area contributed by atoms with Gasteiger partial charge in [0.05, 0.1) is 12.7 Å². The van der Waals surface area contributed by atoms with Crippen molar-refractivity contribution in [2.75, 3.05) is 13.7 Å². The molecule has 1 aromatic carbocycles. The van der Waals surface area contributed by atoms with E-state index in [-0.39, 0.29) is 43.0 Å². The molecule has 1 amide bonds. The number of allylic oxidation sites excluding steroid dienone is 1. The fraction of sp³-hybridized carbons (Fsp3) is 0.435. The van der Waals surface area contributed by atoms with E-state index >= 15 is 0 Å². The number of hydrogen-bond acceptors (Lipinski definition) is 7. The largest absolute Gasteiger partial charge is 0.507 e. The lowest BCUT2D eigenvalue weighted by molar-refractivity contribution is -0.120. The first-order valence-corrected chi connectivity index (χ1v) is 10.2. The summed E-state index contributed by atoms with van der Waals surface area (Å²) >= 11 is 0. The van der Waals surface area contributed by atoms with E-state index in [0.29, 0.717) is 18.4 Å². The van der Waals surface area contributed by atoms with E-state index < -0.39 is 24.3 Å². The Morgan fingerprint density at radius 3 is 2.81 bits per heavy atom. The number of alkyl carbamates (subject to hydrolysis) is 1. The SMILES string of the molecule is CNC(=O)OCCCc1ccc(O)c2c1C=CC[C@H](O)CC(=O)CC=C[C@H](C)OC2=O. The van der Waals surface area contributed by atoms with Crippen LogP contribution in [-0.4, -0.2) is 53.9 Å². The summed E-state index contributed by atoms with van der Waals surface area (Å²) in [4.78, 5) is 35.9. The maximum absolute atomic E-state index is 12.8. The van der Waals surface area contributed by atoms with Crippen LogP contribution in [-0.2, 0) is 20.7 Å². The third-order valence-corrected chi connectivity index (χ3v) is 4.75. The van der Waals surface area contributed by atoms with Crippen molar-refractivity contribution < 1.29 is 34.1 Å². The molecule has 0 bridgehead atoms. The molecule has 2 rings (SSSR count). The minimum absolute atomic E-state index is 0.0272. The van der Waals surface area contributed by atoms with Crippen molar-refractivity contribution in [1.29, 1.82) is 0 Å². The van der Waals surface area contributed by atoms with Crippen LogP contribution in [0.5, 0.6) is 5.75 Å². The zero-order valence-electron chi connectivity index (χ0n) is 17.8. The van der Waals surface area contributed by atoms with Gasteiger partial charge in [-0.05, 0) is 49.5 Å². The van der Waals surface area contributed by atoms with Crippen LogP contribution < -0.4 is 5.32 Å². The summed E-state index contributed by atoms with van der Waals surface area (Å²) in [6.07, 6.45) is 5.92. The molecule has 3 N–H and O–H groups in total. The maximum Gasteiger partial charge on any atom is 0.406 e. The first-order chi connectivity index (χ1) is 14.8. The molecule has 8 heteroatoms. The molecule has 2 atom stereocenters. The number of ketones is 1. The minimum atomic E-state index is -0.838. The number of carbonyl (C=O) groups excluding carboxylic acids is 3. The predicted octanol–water partition coefficient (Wildman–Crippen LogP) is 2.91. The van der Waals surface area contributed by atoms with Gasteiger partial charge in [0.25, 0.3) is 0 Å². The van der Waals surface area contributed by atoms with Crippen LogP contribution in [0.25, 0.3) is 6.08 Å². The number of Topliss-reactive ketones (excluding diaryl/α,β-unsaturated/α-hetero) is 1. The van der Waals surface area contributed by atoms with Gasteiger partial charge in [0.15, 0.2) is 0 Å². The van der Waals surface area contributed by atoms with Gasteiger partial charge in [0.1, 0.15) is 23.2 Å². The number of rotatable bonds is 4. The van der Waals surface area contributed by atoms with Crippen molar-refractivity contribution in [3.63, 3.8) is 0 Å². The molecule has 0 saturated heterocycles. The summed E-state index contributed by atoms with van der Waals surface area (Å²) in [5.41, 5.74) is 1.25. The van der Waals surface area contributed by atoms with Crippen molar-refractivity contribution in [2.24, 2.45) is 0 Å². The van der Waals surface area contributed by atoms with E-state index in [4.69, 9.17) is 9.47 Å². The molecule has 0 spiro atoms. The van der Waals surface area contributed by atoms with Gasteiger partial charge in [-0.25, -0.2) is 9.59 Å². The van der Waals surface area contributed by atoms with Crippen LogP contribution in [0.2, 0.25) is 0 Å². The molecule has 0 unspecified atom stereocenters. The van der Waals surface area contributed by atoms with Gasteiger partial charge in [0, 0.05) is 19.9 Å². The normalized spacial score (nSPS) is 19.8. The van der Waals surface area contributed by atoms with E-state index in [0.717, 1.165) is 5.56 Å². The second-order valence-electron chi connectivity index (χ2n) is 7.30. The number of ether oxygens (including phenoxy) is 2. The first-order valence-electron chi connectivity index (χ1n) is 10.2. The number of carbonyl (C=O) groups is 3. The van der Waals surface area contributed by atoms with E-state index in [2.05, 4.69) is 5.32 Å². The topological polar surface area (TPSA) is 122 Å². The zero-order chi connectivity index (χ0) is 22.8. The lowest BCUT2D eigenvalue weighted by Crippen LogP contribution is -2.20. The number of benzene rings is 1. The van der Waals surface area contributed by atoms with Crippen molar-refractivity contribution in [3.05, 3.63) is 47.1 Å². The lowest BCUT2D eigenvalue weighted by Gasteiger charge is -2.16. The third kappa shape index (κ3) is 7.57. The summed E-state index contributed by atoms with van der Waals surface area (Å²) in [6, 6.07) is 3.12. The number of aliphatic hydroxyl groups is 1. The molecule has 0 saturated carbocycles. The van der Waals surface area contributed by atoms with Crippen molar-refractivity contribution in [3.8, 4) is 5.75 Å². The molecule has 31 heavy (non-hydrogen) atoms. The number of aryl methyl sites for hydroxylation is 1. The molecule has 0 aromatic heterocycles. The van der Waals surface area contributed by atoms with Crippen molar-refractivity contribution in [1.82, 2.24) is 5.32 Å². The summed E-state index contributed by atoms with van der Waals surface area (Å²) < 4.78 is 10.4. The average molecular weight is 431 g/mol. The molecule has 0 fully saturated rings. The summed E-state index contributed by atoms with van der Waals surface area (Å²) in [5, 5.41) is 22.9. The second-order valence-corrected chi connectivity index (χ2v) is 7.30. The Kier molecular flexibility index (Phi) is 9.27. The van der Waals surface area contributed by atoms with E-state index in [9.17, 15) is 24.6 Å². The number of cyclic esters (lactones) is 1. The number of fused-ring (bicyclic) bond motifs is 1. The summed E-state index contributed by atoms with van der Waals surface area (Å²) in [7, 11) is 1.47. The molecule has 0 aliphatic carbocycles. The molecular weight excluding hydrogens is 402 g/mol. The second kappa shape index (κ2) is 11.9. The van der Waals surface area contributed by atoms with Gasteiger partial charge in [-0.1, -0.05) is 24.3 Å². The number of amides is 1. The van der Waals surface area contributed by atoms with E-state index in [1.54, 1.807) is 37.3 Å². The van der Waals surface area contributed by atoms with Gasteiger partial charge in [0.2, 0.25) is 0 Å². The third-order valence-electron chi connectivity index (χ3n) is 4.75. The molecule has 168 valence electrons. The Morgan fingerprint density at radius 2 is 2.06 bits per heavy atom. The number of aromatic hydroxyl groups is 1. The highest BCUT2D eigenvalue weighted by molar-refractivity contribution is 5.97. The minimum Gasteiger partial charge on any atom is -0.507 e. The summed E-state index contributed by atoms with van der Waals surface area (Å²) in [6.45, 7) is 1.85. The van der Waals surface area contributed by atoms with E-state index in [1.807, 2.05) is 0 Å². The molecule has 8 nitrogen and oxygen atoms in total. The Morgan fingerprint density at radius 1 is 1.29 bits per heavy atom. The number of aliphatic hydroxyl groups excluding tert-OH is 1. The number of phenolic OH excluding ortho intramolecular Hbond substituents is 1. The van der Waals surface area contributed by atoms with Gasteiger partial charge >= 0.3 is 12.1 Å². The van der Waals surface area contributed by atoms with Gasteiger partial charge < -0.3 is 25.0 Å². The van der Waals surface area contributed by atoms with Crippen LogP contribution in [0.3, 0.4) is 0 Å². The van der Waals surface area contributed by atoms with Crippen LogP contribution in [0.15, 0.2) is 30.4 Å². The monoisotopic (exact) mass is 431 g/mol. The lowest BCUT2D eigenvalue weighted by atomic mass is 9.95. The molecule has 1 aliphatic rings. The number of nitrogens with one attached hydrogen (secondary N) is 1. The maximum atomic E-state index is 12.8. The Labute approximate surface area is 181 Å². The van der Waals surface area contributed by atoms with Crippen LogP contribution in [0, 0.1) is 0 Å². The fourth-order valence-electron chi connectivity index (χ4n) is 3.20. The predicted molar refractivity (Wildman–Crippen MR) is 115 cm³/mol. The van der Waals surface area contributed by atoms with Crippen molar-refractivity contribution >= 4 is 23.9 Å². The molecule has 1 heterocycles. The Bertz CT molecular complexity index is 860. The quantitative estimate of drug-likeness (QED) is 0.381. The van der Waals surface area contributed by atoms with E-state index in [1.165, 1.54) is 13.1 Å². The average Bonchev–Trinajstić information content (AvgIpc) is 2.71. The zero-order valence-corrected chi connectivity index (χ0v) is 17.8. The van der Waals surface area contributed by atoms with Crippen LogP contribution >= 0.6 is 0 Å². The van der Waals surface area contributed by atoms with Gasteiger partial charge in [-0.2, -0.15) is 0 Å². The highest BCUT2D eigenvalue weighted by Crippen LogP contribution is 2.29. The standard InChI is InChI=1S/C23H29NO7/c1-15-6-3-8-17(25)14-18(26)9-4-10-19-16(7-5-13-30-23(29)24-2)11-12-20(27)21(19)22(28)31-15/h3-4,6,10-12,15,18,26-27H,5,7-9,13-14H2,1-2H3,(H,24,29)/t15-,18-/m0/s1. The molecular formula is C23H29NO7. The molecule has 1 aliphatic heterocycles. The number of esters is 1. The number of phenols is 1. The molecule has 0 radical (unpaired) electrons. The summed E-state index contributed by atoms with van der Waals surface area (Å²) in [5.74, 6) is -1.02. The van der Waals surface area contributed by atoms with Gasteiger partial charge in [-0.3, -0.25) is 4.79 Å². The number of hydrogen-bond donors (Lipinski definition) is 3. The highest BCUT2D eigenvalue weighted by Gasteiger charge is 2.21. The smallest absolute Gasteiger partial charge is 0.406 e. The Hall–Kier alpha value is -3.13. The fourth-order valence-corrected chi connectivity index (χ4v) is 3.20. The Balaban J connectivity index is 2.34. The van der Waals surface area contributed by atoms with Crippen LogP contribution in [0.1, 0.15) is 54.1 Å². The van der Waals surface area contributed by atoms with Crippen LogP contribution in [0.4, 0.5) is 4.79 Å². The highest BCUT2D eigenvalue weighted by atomic mass is 16.5. The first kappa shape index (κ1) is 24.1.